The van der Waals surface area contributed by atoms with E-state index in [-0.39, 0.29) is 42.2 Å². The second kappa shape index (κ2) is 8.01. The van der Waals surface area contributed by atoms with Gasteiger partial charge in [0.15, 0.2) is 0 Å². The largest absolute Gasteiger partial charge is 0.348 e. The lowest BCUT2D eigenvalue weighted by atomic mass is 9.84. The molecule has 1 aromatic carbocycles. The molecule has 1 saturated carbocycles. The summed E-state index contributed by atoms with van der Waals surface area (Å²) in [5.41, 5.74) is 1.72. The summed E-state index contributed by atoms with van der Waals surface area (Å²) < 4.78 is 16.1. The molecule has 0 saturated heterocycles. The van der Waals surface area contributed by atoms with Gasteiger partial charge in [0.05, 0.1) is 6.04 Å². The van der Waals surface area contributed by atoms with Crippen molar-refractivity contribution >= 4 is 11.8 Å². The Hall–Kier alpha value is -2.63. The van der Waals surface area contributed by atoms with Crippen molar-refractivity contribution in [3.05, 3.63) is 59.7 Å². The SMILES string of the molecule is CC(C)N(CC(=O)N1CCn2cccc2C1c1cccc(F)c1)C(=O)C1CCC1. The number of hydrogen-bond acceptors (Lipinski definition) is 2. The van der Waals surface area contributed by atoms with Gasteiger partial charge in [-0.15, -0.1) is 0 Å². The number of rotatable bonds is 5. The molecule has 1 aromatic heterocycles. The number of nitrogens with zero attached hydrogens (tertiary/aromatic N) is 3. The number of hydrogen-bond donors (Lipinski definition) is 0. The minimum atomic E-state index is -0.352. The summed E-state index contributed by atoms with van der Waals surface area (Å²) in [6, 6.07) is 9.99. The van der Waals surface area contributed by atoms with Gasteiger partial charge in [-0.2, -0.15) is 0 Å². The molecule has 1 aliphatic heterocycles. The van der Waals surface area contributed by atoms with Crippen LogP contribution in [-0.2, 0) is 16.1 Å². The van der Waals surface area contributed by atoms with Crippen LogP contribution in [0.4, 0.5) is 4.39 Å². The first-order chi connectivity index (χ1) is 14.0. The molecule has 4 rings (SSSR count). The first-order valence-electron chi connectivity index (χ1n) is 10.5. The first-order valence-corrected chi connectivity index (χ1v) is 10.5. The van der Waals surface area contributed by atoms with Gasteiger partial charge in [-0.05, 0) is 56.5 Å². The van der Waals surface area contributed by atoms with Crippen molar-refractivity contribution in [2.24, 2.45) is 5.92 Å². The average molecular weight is 397 g/mol. The Balaban J connectivity index is 1.61. The highest BCUT2D eigenvalue weighted by molar-refractivity contribution is 5.87. The summed E-state index contributed by atoms with van der Waals surface area (Å²) in [5.74, 6) is -0.263. The highest BCUT2D eigenvalue weighted by atomic mass is 19.1. The third-order valence-electron chi connectivity index (χ3n) is 6.19. The third-order valence-corrected chi connectivity index (χ3v) is 6.19. The second-order valence-corrected chi connectivity index (χ2v) is 8.36. The number of benzene rings is 1. The topological polar surface area (TPSA) is 45.6 Å². The first kappa shape index (κ1) is 19.7. The zero-order valence-electron chi connectivity index (χ0n) is 17.1. The zero-order valence-corrected chi connectivity index (χ0v) is 17.1. The van der Waals surface area contributed by atoms with Crippen LogP contribution in [0.25, 0.3) is 0 Å². The molecule has 2 aromatic rings. The summed E-state index contributed by atoms with van der Waals surface area (Å²) in [5, 5.41) is 0. The van der Waals surface area contributed by atoms with Gasteiger partial charge in [-0.25, -0.2) is 4.39 Å². The Bertz CT molecular complexity index is 903. The van der Waals surface area contributed by atoms with Crippen LogP contribution in [0.1, 0.15) is 50.4 Å². The molecule has 154 valence electrons. The fraction of sp³-hybridized carbons (Fsp3) is 0.478. The lowest BCUT2D eigenvalue weighted by Gasteiger charge is -2.40. The molecule has 1 aliphatic carbocycles. The Kier molecular flexibility index (Phi) is 5.43. The average Bonchev–Trinajstić information content (AvgIpc) is 3.12. The van der Waals surface area contributed by atoms with E-state index >= 15 is 0 Å². The number of fused-ring (bicyclic) bond motifs is 1. The minimum absolute atomic E-state index is 0.0340. The minimum Gasteiger partial charge on any atom is -0.348 e. The van der Waals surface area contributed by atoms with E-state index in [0.29, 0.717) is 13.1 Å². The summed E-state index contributed by atoms with van der Waals surface area (Å²) in [6.07, 6.45) is 4.91. The van der Waals surface area contributed by atoms with E-state index in [2.05, 4.69) is 4.57 Å². The third kappa shape index (κ3) is 3.80. The molecule has 1 unspecified atom stereocenters. The van der Waals surface area contributed by atoms with E-state index in [9.17, 15) is 14.0 Å². The zero-order chi connectivity index (χ0) is 20.5. The number of amides is 2. The van der Waals surface area contributed by atoms with Crippen LogP contribution in [0, 0.1) is 11.7 Å². The van der Waals surface area contributed by atoms with Gasteiger partial charge < -0.3 is 14.4 Å². The quantitative estimate of drug-likeness (QED) is 0.774. The van der Waals surface area contributed by atoms with Crippen molar-refractivity contribution in [2.75, 3.05) is 13.1 Å². The molecule has 0 bridgehead atoms. The van der Waals surface area contributed by atoms with Crippen LogP contribution >= 0.6 is 0 Å². The molecule has 0 spiro atoms. The van der Waals surface area contributed by atoms with E-state index < -0.39 is 0 Å². The van der Waals surface area contributed by atoms with Crippen LogP contribution in [0.5, 0.6) is 0 Å². The standard InChI is InChI=1S/C23H28FN3O2/c1-16(2)27(23(29)17-6-3-7-17)15-21(28)26-13-12-25-11-5-10-20(25)22(26)18-8-4-9-19(24)14-18/h4-5,8-11,14,16-17,22H,3,6-7,12-13,15H2,1-2H3. The molecule has 1 atom stereocenters. The van der Waals surface area contributed by atoms with Crippen molar-refractivity contribution in [2.45, 2.75) is 51.7 Å². The lowest BCUT2D eigenvalue weighted by Crippen LogP contribution is -2.51. The fourth-order valence-electron chi connectivity index (χ4n) is 4.32. The van der Waals surface area contributed by atoms with Gasteiger partial charge in [0, 0.05) is 36.9 Å². The number of aromatic nitrogens is 1. The Morgan fingerprint density at radius 1 is 1.17 bits per heavy atom. The van der Waals surface area contributed by atoms with Crippen LogP contribution in [0.3, 0.4) is 0 Å². The molecule has 2 amide bonds. The fourth-order valence-corrected chi connectivity index (χ4v) is 4.32. The van der Waals surface area contributed by atoms with Gasteiger partial charge in [-0.1, -0.05) is 18.6 Å². The molecular weight excluding hydrogens is 369 g/mol. The van der Waals surface area contributed by atoms with E-state index in [1.807, 2.05) is 38.2 Å². The van der Waals surface area contributed by atoms with Gasteiger partial charge in [0.1, 0.15) is 12.4 Å². The van der Waals surface area contributed by atoms with Crippen LogP contribution in [-0.4, -0.2) is 45.3 Å². The van der Waals surface area contributed by atoms with Gasteiger partial charge in [-0.3, -0.25) is 9.59 Å². The van der Waals surface area contributed by atoms with Crippen LogP contribution < -0.4 is 0 Å². The molecule has 5 nitrogen and oxygen atoms in total. The monoisotopic (exact) mass is 397 g/mol. The van der Waals surface area contributed by atoms with Crippen LogP contribution in [0.2, 0.25) is 0 Å². The van der Waals surface area contributed by atoms with Crippen molar-refractivity contribution < 1.29 is 14.0 Å². The maximum Gasteiger partial charge on any atom is 0.243 e. The molecule has 29 heavy (non-hydrogen) atoms. The van der Waals surface area contributed by atoms with Crippen molar-refractivity contribution in [3.63, 3.8) is 0 Å². The summed E-state index contributed by atoms with van der Waals surface area (Å²) >= 11 is 0. The molecule has 0 radical (unpaired) electrons. The molecule has 6 heteroatoms. The van der Waals surface area contributed by atoms with Crippen molar-refractivity contribution in [1.82, 2.24) is 14.4 Å². The van der Waals surface area contributed by atoms with E-state index in [1.165, 1.54) is 12.1 Å². The van der Waals surface area contributed by atoms with Gasteiger partial charge in [0.25, 0.3) is 0 Å². The van der Waals surface area contributed by atoms with Crippen molar-refractivity contribution in [3.8, 4) is 0 Å². The maximum absolute atomic E-state index is 13.9. The normalized spacial score (nSPS) is 19.0. The number of carbonyl (C=O) groups excluding carboxylic acids is 2. The highest BCUT2D eigenvalue weighted by Crippen LogP contribution is 2.33. The van der Waals surface area contributed by atoms with Gasteiger partial charge >= 0.3 is 0 Å². The molecule has 2 heterocycles. The summed E-state index contributed by atoms with van der Waals surface area (Å²) in [7, 11) is 0. The Labute approximate surface area is 171 Å². The predicted molar refractivity (Wildman–Crippen MR) is 109 cm³/mol. The lowest BCUT2D eigenvalue weighted by molar-refractivity contribution is -0.147. The predicted octanol–water partition coefficient (Wildman–Crippen LogP) is 3.60. The highest BCUT2D eigenvalue weighted by Gasteiger charge is 2.36. The number of halogens is 1. The smallest absolute Gasteiger partial charge is 0.243 e. The Morgan fingerprint density at radius 2 is 1.97 bits per heavy atom. The molecular formula is C23H28FN3O2. The van der Waals surface area contributed by atoms with Gasteiger partial charge in [0.2, 0.25) is 11.8 Å². The van der Waals surface area contributed by atoms with E-state index in [0.717, 1.165) is 30.5 Å². The number of carbonyl (C=O) groups is 2. The van der Waals surface area contributed by atoms with E-state index in [1.54, 1.807) is 15.9 Å². The Morgan fingerprint density at radius 3 is 2.62 bits per heavy atom. The van der Waals surface area contributed by atoms with Crippen molar-refractivity contribution in [1.29, 1.82) is 0 Å². The summed E-state index contributed by atoms with van der Waals surface area (Å²) in [6.45, 7) is 5.20. The maximum atomic E-state index is 13.9. The molecule has 2 aliphatic rings. The molecule has 0 N–H and O–H groups in total. The van der Waals surface area contributed by atoms with E-state index in [4.69, 9.17) is 0 Å². The summed E-state index contributed by atoms with van der Waals surface area (Å²) in [4.78, 5) is 29.7. The van der Waals surface area contributed by atoms with Crippen LogP contribution in [0.15, 0.2) is 42.6 Å². The molecule has 1 fully saturated rings. The second-order valence-electron chi connectivity index (χ2n) is 8.36.